The van der Waals surface area contributed by atoms with Crippen LogP contribution in [0, 0.1) is 6.92 Å². The molecule has 0 saturated carbocycles. The molecule has 0 radical (unpaired) electrons. The lowest BCUT2D eigenvalue weighted by molar-refractivity contribution is 0.171. The summed E-state index contributed by atoms with van der Waals surface area (Å²) < 4.78 is 11.1. The number of nitrogens with zero attached hydrogens (tertiary/aromatic N) is 4. The zero-order valence-electron chi connectivity index (χ0n) is 15.5. The Morgan fingerprint density at radius 2 is 2.07 bits per heavy atom. The molecular weight excluding hydrogens is 346 g/mol. The number of amides is 2. The predicted octanol–water partition coefficient (Wildman–Crippen LogP) is 3.56. The van der Waals surface area contributed by atoms with Crippen LogP contribution in [0.15, 0.2) is 33.2 Å². The van der Waals surface area contributed by atoms with Gasteiger partial charge in [0.2, 0.25) is 5.89 Å². The number of hydrogen-bond acceptors (Lipinski definition) is 6. The van der Waals surface area contributed by atoms with Crippen molar-refractivity contribution in [1.82, 2.24) is 25.3 Å². The van der Waals surface area contributed by atoms with Crippen molar-refractivity contribution >= 4 is 17.1 Å². The Morgan fingerprint density at radius 1 is 1.30 bits per heavy atom. The van der Waals surface area contributed by atoms with Gasteiger partial charge >= 0.3 is 6.03 Å². The van der Waals surface area contributed by atoms with Gasteiger partial charge in [0, 0.05) is 19.0 Å². The topological polar surface area (TPSA) is 97.3 Å². The molecule has 1 saturated heterocycles. The molecule has 27 heavy (non-hydrogen) atoms. The van der Waals surface area contributed by atoms with Crippen LogP contribution in [-0.2, 0) is 0 Å². The van der Waals surface area contributed by atoms with Crippen molar-refractivity contribution in [2.45, 2.75) is 45.1 Å². The Kier molecular flexibility index (Phi) is 4.79. The van der Waals surface area contributed by atoms with E-state index >= 15 is 0 Å². The van der Waals surface area contributed by atoms with Gasteiger partial charge in [0.05, 0.1) is 0 Å². The van der Waals surface area contributed by atoms with Gasteiger partial charge in [-0.2, -0.15) is 4.98 Å². The van der Waals surface area contributed by atoms with Crippen LogP contribution in [0.1, 0.15) is 55.8 Å². The van der Waals surface area contributed by atoms with Crippen molar-refractivity contribution in [2.24, 2.45) is 0 Å². The predicted molar refractivity (Wildman–Crippen MR) is 98.2 cm³/mol. The first-order valence-corrected chi connectivity index (χ1v) is 9.35. The van der Waals surface area contributed by atoms with Crippen LogP contribution in [0.2, 0.25) is 0 Å². The van der Waals surface area contributed by atoms with E-state index in [9.17, 15) is 4.79 Å². The summed E-state index contributed by atoms with van der Waals surface area (Å²) in [5, 5.41) is 6.79. The smallest absolute Gasteiger partial charge is 0.318 e. The van der Waals surface area contributed by atoms with E-state index in [1.54, 1.807) is 6.92 Å². The second kappa shape index (κ2) is 7.38. The van der Waals surface area contributed by atoms with Crippen molar-refractivity contribution in [3.8, 4) is 0 Å². The van der Waals surface area contributed by atoms with Crippen LogP contribution in [0.5, 0.6) is 0 Å². The number of piperidine rings is 1. The Morgan fingerprint density at radius 3 is 2.74 bits per heavy atom. The molecule has 1 aromatic carbocycles. The molecule has 1 aliphatic rings. The van der Waals surface area contributed by atoms with E-state index in [-0.39, 0.29) is 18.0 Å². The number of para-hydroxylation sites is 2. The van der Waals surface area contributed by atoms with Crippen LogP contribution in [0.4, 0.5) is 4.79 Å². The summed E-state index contributed by atoms with van der Waals surface area (Å²) in [6.45, 7) is 5.06. The zero-order chi connectivity index (χ0) is 18.8. The monoisotopic (exact) mass is 369 g/mol. The number of carbonyl (C=O) groups is 1. The minimum Gasteiger partial charge on any atom is -0.440 e. The number of aromatic nitrogens is 3. The Labute approximate surface area is 156 Å². The summed E-state index contributed by atoms with van der Waals surface area (Å²) in [5.41, 5.74) is 1.70. The van der Waals surface area contributed by atoms with E-state index in [0.29, 0.717) is 31.2 Å². The second-order valence-corrected chi connectivity index (χ2v) is 6.87. The first-order valence-electron chi connectivity index (χ1n) is 9.35. The SMILES string of the molecule is CCC(NC(=O)N1CCC(c2nc3ccccc3o2)CC1)c1nc(C)no1. The maximum atomic E-state index is 12.6. The number of nitrogens with one attached hydrogen (secondary N) is 1. The molecule has 142 valence electrons. The molecule has 3 heterocycles. The van der Waals surface area contributed by atoms with Gasteiger partial charge in [0.15, 0.2) is 17.3 Å². The number of rotatable bonds is 4. The fourth-order valence-electron chi connectivity index (χ4n) is 3.43. The number of fused-ring (bicyclic) bond motifs is 1. The quantitative estimate of drug-likeness (QED) is 0.755. The van der Waals surface area contributed by atoms with E-state index in [1.165, 1.54) is 0 Å². The summed E-state index contributed by atoms with van der Waals surface area (Å²) in [4.78, 5) is 23.3. The standard InChI is InChI=1S/C19H23N5O3/c1-3-14(18-20-12(2)23-27-18)22-19(25)24-10-8-13(9-11-24)17-21-15-6-4-5-7-16(15)26-17/h4-7,13-14H,3,8-11H2,1-2H3,(H,22,25). The van der Waals surface area contributed by atoms with Gasteiger partial charge in [-0.05, 0) is 38.3 Å². The van der Waals surface area contributed by atoms with Crippen molar-refractivity contribution < 1.29 is 13.7 Å². The molecule has 3 aromatic rings. The number of oxazole rings is 1. The molecule has 8 heteroatoms. The van der Waals surface area contributed by atoms with Crippen LogP contribution in [-0.4, -0.2) is 39.1 Å². The molecule has 1 fully saturated rings. The van der Waals surface area contributed by atoms with Gasteiger partial charge in [0.1, 0.15) is 11.6 Å². The molecule has 0 aliphatic carbocycles. The lowest BCUT2D eigenvalue weighted by Gasteiger charge is -2.31. The third-order valence-electron chi connectivity index (χ3n) is 4.99. The van der Waals surface area contributed by atoms with E-state index in [1.807, 2.05) is 36.1 Å². The number of likely N-dealkylation sites (tertiary alicyclic amines) is 1. The molecule has 1 unspecified atom stereocenters. The molecule has 1 aliphatic heterocycles. The van der Waals surface area contributed by atoms with Gasteiger partial charge in [0.25, 0.3) is 0 Å². The molecule has 1 N–H and O–H groups in total. The van der Waals surface area contributed by atoms with Gasteiger partial charge in [-0.15, -0.1) is 0 Å². The highest BCUT2D eigenvalue weighted by atomic mass is 16.5. The van der Waals surface area contributed by atoms with Crippen molar-refractivity contribution in [1.29, 1.82) is 0 Å². The molecule has 4 rings (SSSR count). The third kappa shape index (κ3) is 3.65. The lowest BCUT2D eigenvalue weighted by Crippen LogP contribution is -2.45. The van der Waals surface area contributed by atoms with Gasteiger partial charge in [-0.1, -0.05) is 24.2 Å². The molecule has 8 nitrogen and oxygen atoms in total. The van der Waals surface area contributed by atoms with Crippen LogP contribution >= 0.6 is 0 Å². The number of urea groups is 1. The number of hydrogen-bond donors (Lipinski definition) is 1. The first-order chi connectivity index (χ1) is 13.1. The highest BCUT2D eigenvalue weighted by Gasteiger charge is 2.29. The minimum absolute atomic E-state index is 0.103. The van der Waals surface area contributed by atoms with E-state index in [2.05, 4.69) is 20.4 Å². The molecule has 0 bridgehead atoms. The lowest BCUT2D eigenvalue weighted by atomic mass is 9.97. The van der Waals surface area contributed by atoms with Crippen LogP contribution in [0.25, 0.3) is 11.1 Å². The largest absolute Gasteiger partial charge is 0.440 e. The fourth-order valence-corrected chi connectivity index (χ4v) is 3.43. The van der Waals surface area contributed by atoms with E-state index in [0.717, 1.165) is 29.8 Å². The van der Waals surface area contributed by atoms with E-state index in [4.69, 9.17) is 8.94 Å². The maximum absolute atomic E-state index is 12.6. The summed E-state index contributed by atoms with van der Waals surface area (Å²) in [5.74, 6) is 2.02. The third-order valence-corrected chi connectivity index (χ3v) is 4.99. The fraction of sp³-hybridized carbons (Fsp3) is 0.474. The zero-order valence-corrected chi connectivity index (χ0v) is 15.5. The summed E-state index contributed by atoms with van der Waals surface area (Å²) >= 11 is 0. The van der Waals surface area contributed by atoms with Crippen molar-refractivity contribution in [2.75, 3.05) is 13.1 Å². The number of aryl methyl sites for hydroxylation is 1. The molecular formula is C19H23N5O3. The highest BCUT2D eigenvalue weighted by molar-refractivity contribution is 5.75. The number of carbonyl (C=O) groups excluding carboxylic acids is 1. The average molecular weight is 369 g/mol. The Bertz CT molecular complexity index is 893. The summed E-state index contributed by atoms with van der Waals surface area (Å²) in [6, 6.07) is 7.41. The first kappa shape index (κ1) is 17.5. The van der Waals surface area contributed by atoms with Crippen LogP contribution < -0.4 is 5.32 Å². The molecule has 0 spiro atoms. The summed E-state index contributed by atoms with van der Waals surface area (Å²) in [6.07, 6.45) is 2.35. The molecule has 1 atom stereocenters. The number of benzene rings is 1. The average Bonchev–Trinajstić information content (AvgIpc) is 3.32. The Hall–Kier alpha value is -2.90. The molecule has 2 aromatic heterocycles. The van der Waals surface area contributed by atoms with E-state index < -0.39 is 0 Å². The summed E-state index contributed by atoms with van der Waals surface area (Å²) in [7, 11) is 0. The van der Waals surface area contributed by atoms with Gasteiger partial charge < -0.3 is 19.2 Å². The van der Waals surface area contributed by atoms with Gasteiger partial charge in [-0.25, -0.2) is 9.78 Å². The Balaban J connectivity index is 1.36. The molecule has 2 amide bonds. The second-order valence-electron chi connectivity index (χ2n) is 6.87. The van der Waals surface area contributed by atoms with Crippen molar-refractivity contribution in [3.63, 3.8) is 0 Å². The van der Waals surface area contributed by atoms with Crippen molar-refractivity contribution in [3.05, 3.63) is 41.9 Å². The van der Waals surface area contributed by atoms with Crippen LogP contribution in [0.3, 0.4) is 0 Å². The van der Waals surface area contributed by atoms with Gasteiger partial charge in [-0.3, -0.25) is 0 Å². The minimum atomic E-state index is -0.270. The maximum Gasteiger partial charge on any atom is 0.318 e. The highest BCUT2D eigenvalue weighted by Crippen LogP contribution is 2.30. The normalized spacial score (nSPS) is 16.6.